The predicted octanol–water partition coefficient (Wildman–Crippen LogP) is 3.20. The molecule has 1 aliphatic heterocycles. The van der Waals surface area contributed by atoms with E-state index in [0.717, 1.165) is 0 Å². The Labute approximate surface area is 191 Å². The van der Waals surface area contributed by atoms with Crippen molar-refractivity contribution in [3.63, 3.8) is 0 Å². The third-order valence-corrected chi connectivity index (χ3v) is 6.80. The van der Waals surface area contributed by atoms with E-state index < -0.39 is 41.6 Å². The third kappa shape index (κ3) is 3.57. The lowest BCUT2D eigenvalue weighted by atomic mass is 9.71. The highest BCUT2D eigenvalue weighted by atomic mass is 16.7. The average molecular weight is 448 g/mol. The van der Waals surface area contributed by atoms with E-state index in [1.54, 1.807) is 54.6 Å². The van der Waals surface area contributed by atoms with Crippen molar-refractivity contribution >= 4 is 17.7 Å². The number of fused-ring (bicyclic) bond motifs is 5. The van der Waals surface area contributed by atoms with Gasteiger partial charge in [0, 0.05) is 18.9 Å². The van der Waals surface area contributed by atoms with Crippen LogP contribution < -0.4 is 0 Å². The van der Waals surface area contributed by atoms with Crippen LogP contribution in [-0.4, -0.2) is 49.4 Å². The van der Waals surface area contributed by atoms with Gasteiger partial charge in [0.25, 0.3) is 0 Å². The van der Waals surface area contributed by atoms with Crippen LogP contribution in [0.5, 0.6) is 0 Å². The fourth-order valence-corrected chi connectivity index (χ4v) is 5.37. The van der Waals surface area contributed by atoms with E-state index in [0.29, 0.717) is 17.5 Å². The molecule has 2 fully saturated rings. The minimum atomic E-state index is -1.44. The maximum absolute atomic E-state index is 13.6. The van der Waals surface area contributed by atoms with Crippen LogP contribution in [0.15, 0.2) is 72.8 Å². The molecule has 0 amide bonds. The molecule has 2 aromatic rings. The molecule has 2 aromatic carbocycles. The van der Waals surface area contributed by atoms with E-state index in [-0.39, 0.29) is 18.4 Å². The smallest absolute Gasteiger partial charge is 0.339 e. The predicted molar refractivity (Wildman–Crippen MR) is 116 cm³/mol. The van der Waals surface area contributed by atoms with Gasteiger partial charge in [-0.15, -0.1) is 0 Å². The third-order valence-electron chi connectivity index (χ3n) is 6.80. The first-order chi connectivity index (χ1) is 16.0. The molecule has 2 aliphatic carbocycles. The first-order valence-corrected chi connectivity index (χ1v) is 11.0. The fourth-order valence-electron chi connectivity index (χ4n) is 5.37. The number of benzene rings is 2. The van der Waals surface area contributed by atoms with Crippen LogP contribution in [0.1, 0.15) is 27.1 Å². The van der Waals surface area contributed by atoms with E-state index in [9.17, 15) is 14.4 Å². The van der Waals surface area contributed by atoms with Crippen molar-refractivity contribution < 1.29 is 33.3 Å². The van der Waals surface area contributed by atoms with Crippen molar-refractivity contribution in [3.05, 3.63) is 83.9 Å². The van der Waals surface area contributed by atoms with Gasteiger partial charge in [0.1, 0.15) is 12.7 Å². The van der Waals surface area contributed by atoms with Gasteiger partial charge in [0.2, 0.25) is 12.1 Å². The molecule has 0 aromatic heterocycles. The van der Waals surface area contributed by atoms with E-state index in [1.807, 2.05) is 18.2 Å². The van der Waals surface area contributed by atoms with Crippen molar-refractivity contribution in [1.29, 1.82) is 0 Å². The molecule has 6 atom stereocenters. The van der Waals surface area contributed by atoms with Gasteiger partial charge < -0.3 is 18.9 Å². The van der Waals surface area contributed by atoms with Gasteiger partial charge >= 0.3 is 11.9 Å². The zero-order valence-electron chi connectivity index (χ0n) is 18.1. The van der Waals surface area contributed by atoms with E-state index >= 15 is 0 Å². The quantitative estimate of drug-likeness (QED) is 0.495. The highest BCUT2D eigenvalue weighted by Crippen LogP contribution is 2.57. The number of esters is 2. The maximum Gasteiger partial charge on any atom is 0.339 e. The number of carbonyl (C=O) groups excluding carboxylic acids is 3. The summed E-state index contributed by atoms with van der Waals surface area (Å²) in [5, 5.41) is 0. The first kappa shape index (κ1) is 21.6. The summed E-state index contributed by atoms with van der Waals surface area (Å²) < 4.78 is 22.9. The molecular weight excluding hydrogens is 424 g/mol. The molecule has 1 heterocycles. The molecule has 1 saturated heterocycles. The fraction of sp³-hybridized carbons (Fsp3) is 0.346. The molecule has 33 heavy (non-hydrogen) atoms. The molecule has 0 N–H and O–H groups in total. The topological polar surface area (TPSA) is 88.1 Å². The number of allylic oxidation sites excluding steroid dienone is 1. The Hall–Kier alpha value is -3.29. The van der Waals surface area contributed by atoms with E-state index in [2.05, 4.69) is 0 Å². The summed E-state index contributed by atoms with van der Waals surface area (Å²) in [4.78, 5) is 39.1. The van der Waals surface area contributed by atoms with Gasteiger partial charge in [-0.25, -0.2) is 9.59 Å². The lowest BCUT2D eigenvalue weighted by Gasteiger charge is -2.48. The molecule has 2 bridgehead atoms. The maximum atomic E-state index is 13.6. The molecular formula is C26H24O7. The molecule has 0 radical (unpaired) electrons. The van der Waals surface area contributed by atoms with Crippen LogP contribution >= 0.6 is 0 Å². The Morgan fingerprint density at radius 3 is 2.24 bits per heavy atom. The zero-order chi connectivity index (χ0) is 23.0. The normalized spacial score (nSPS) is 31.8. The number of rotatable bonds is 6. The number of carbonyl (C=O) groups is 3. The Morgan fingerprint density at radius 1 is 0.970 bits per heavy atom. The number of hydrogen-bond acceptors (Lipinski definition) is 7. The second kappa shape index (κ2) is 8.57. The van der Waals surface area contributed by atoms with Crippen LogP contribution in [0, 0.1) is 17.8 Å². The van der Waals surface area contributed by atoms with Crippen molar-refractivity contribution in [2.45, 2.75) is 24.4 Å². The van der Waals surface area contributed by atoms with Crippen LogP contribution in [0.4, 0.5) is 0 Å². The minimum Gasteiger partial charge on any atom is -0.459 e. The van der Waals surface area contributed by atoms with Gasteiger partial charge in [-0.1, -0.05) is 48.6 Å². The Kier molecular flexibility index (Phi) is 5.60. The molecule has 7 nitrogen and oxygen atoms in total. The van der Waals surface area contributed by atoms with Crippen molar-refractivity contribution in [2.24, 2.45) is 17.8 Å². The summed E-state index contributed by atoms with van der Waals surface area (Å²) in [6.07, 6.45) is 2.71. The van der Waals surface area contributed by atoms with Gasteiger partial charge in [0.15, 0.2) is 5.60 Å². The number of ether oxygens (including phenoxy) is 4. The Balaban J connectivity index is 1.44. The summed E-state index contributed by atoms with van der Waals surface area (Å²) in [6, 6.07) is 17.2. The molecule has 7 heteroatoms. The molecule has 0 unspecified atom stereocenters. The largest absolute Gasteiger partial charge is 0.459 e. The van der Waals surface area contributed by atoms with Crippen molar-refractivity contribution in [2.75, 3.05) is 13.7 Å². The highest BCUT2D eigenvalue weighted by Gasteiger charge is 2.69. The molecule has 0 spiro atoms. The van der Waals surface area contributed by atoms with Crippen molar-refractivity contribution in [3.8, 4) is 0 Å². The summed E-state index contributed by atoms with van der Waals surface area (Å²) in [5.41, 5.74) is -0.658. The van der Waals surface area contributed by atoms with Crippen LogP contribution in [0.25, 0.3) is 0 Å². The standard InChI is InChI=1S/C26H24O7/c1-30-25-22(27)26(33-24(29)17-10-6-3-7-11-17)19-13-12-18(14-19)21(26)20(32-25)15-31-23(28)16-8-4-2-5-9-16/h2-13,18-21,25H,14-15H2,1H3/t18-,19+,20+,21+,25+,26-/m0/s1. The lowest BCUT2D eigenvalue weighted by molar-refractivity contribution is -0.243. The summed E-state index contributed by atoms with van der Waals surface area (Å²) in [6.45, 7) is -0.0900. The van der Waals surface area contributed by atoms with E-state index in [4.69, 9.17) is 18.9 Å². The first-order valence-electron chi connectivity index (χ1n) is 11.0. The summed E-state index contributed by atoms with van der Waals surface area (Å²) in [5.74, 6) is -2.30. The Morgan fingerprint density at radius 2 is 1.61 bits per heavy atom. The van der Waals surface area contributed by atoms with Crippen LogP contribution in [-0.2, 0) is 23.7 Å². The minimum absolute atomic E-state index is 0.0410. The van der Waals surface area contributed by atoms with Crippen LogP contribution in [0.2, 0.25) is 0 Å². The average Bonchev–Trinajstić information content (AvgIpc) is 3.46. The summed E-state index contributed by atoms with van der Waals surface area (Å²) >= 11 is 0. The molecule has 170 valence electrons. The van der Waals surface area contributed by atoms with Gasteiger partial charge in [-0.2, -0.15) is 0 Å². The number of hydrogen-bond donors (Lipinski definition) is 0. The van der Waals surface area contributed by atoms with Gasteiger partial charge in [-0.05, 0) is 36.6 Å². The second-order valence-corrected chi connectivity index (χ2v) is 8.54. The lowest BCUT2D eigenvalue weighted by Crippen LogP contribution is -2.65. The summed E-state index contributed by atoms with van der Waals surface area (Å²) in [7, 11) is 1.37. The van der Waals surface area contributed by atoms with E-state index in [1.165, 1.54) is 7.11 Å². The molecule has 5 rings (SSSR count). The van der Waals surface area contributed by atoms with Crippen molar-refractivity contribution in [1.82, 2.24) is 0 Å². The monoisotopic (exact) mass is 448 g/mol. The SMILES string of the molecule is CO[C@@H]1O[C@H](COC(=O)c2ccccc2)[C@H]2[C@H]3C=C[C@H](C3)[C@@]2(OC(=O)c2ccccc2)C1=O. The number of Topliss-reactive ketones (excluding diaryl/α,β-unsaturated/α-hetero) is 1. The molecule has 3 aliphatic rings. The number of methoxy groups -OCH3 is 1. The highest BCUT2D eigenvalue weighted by molar-refractivity contribution is 5.98. The zero-order valence-corrected chi connectivity index (χ0v) is 18.1. The van der Waals surface area contributed by atoms with Gasteiger partial charge in [-0.3, -0.25) is 4.79 Å². The second-order valence-electron chi connectivity index (χ2n) is 8.54. The number of ketones is 1. The Bertz CT molecular complexity index is 1080. The van der Waals surface area contributed by atoms with Crippen LogP contribution in [0.3, 0.4) is 0 Å². The van der Waals surface area contributed by atoms with Gasteiger partial charge in [0.05, 0.1) is 11.1 Å². The molecule has 1 saturated carbocycles.